The Morgan fingerprint density at radius 2 is 1.58 bits per heavy atom. The smallest absolute Gasteiger partial charge is 0.338 e. The van der Waals surface area contributed by atoms with E-state index in [0.717, 1.165) is 11.1 Å². The van der Waals surface area contributed by atoms with Crippen molar-refractivity contribution in [3.8, 4) is 0 Å². The van der Waals surface area contributed by atoms with Crippen LogP contribution in [-0.4, -0.2) is 24.3 Å². The zero-order valence-corrected chi connectivity index (χ0v) is 18.4. The van der Waals surface area contributed by atoms with Gasteiger partial charge >= 0.3 is 5.97 Å². The molecule has 0 atom stereocenters. The van der Waals surface area contributed by atoms with Crippen LogP contribution in [0.3, 0.4) is 0 Å². The largest absolute Gasteiger partial charge is 0.454 e. The SMILES string of the molecule is Cc1ccc(C)c(C(=O)COC(=O)c2ccc(NC(=O)c3ccc(Cl)cc3Cl)cc2)c1. The highest BCUT2D eigenvalue weighted by atomic mass is 35.5. The fourth-order valence-electron chi connectivity index (χ4n) is 2.89. The van der Waals surface area contributed by atoms with Crippen molar-refractivity contribution in [1.82, 2.24) is 0 Å². The Morgan fingerprint density at radius 3 is 2.26 bits per heavy atom. The third-order valence-corrected chi connectivity index (χ3v) is 5.13. The van der Waals surface area contributed by atoms with Gasteiger partial charge in [0.2, 0.25) is 5.78 Å². The number of carbonyl (C=O) groups excluding carboxylic acids is 3. The van der Waals surface area contributed by atoms with E-state index in [-0.39, 0.29) is 28.5 Å². The van der Waals surface area contributed by atoms with Crippen LogP contribution >= 0.6 is 23.2 Å². The van der Waals surface area contributed by atoms with Crippen LogP contribution in [0.5, 0.6) is 0 Å². The quantitative estimate of drug-likeness (QED) is 0.370. The van der Waals surface area contributed by atoms with E-state index in [1.54, 1.807) is 24.3 Å². The fraction of sp³-hybridized carbons (Fsp3) is 0.125. The summed E-state index contributed by atoms with van der Waals surface area (Å²) in [6.07, 6.45) is 0. The second-order valence-corrected chi connectivity index (χ2v) is 7.82. The van der Waals surface area contributed by atoms with Gasteiger partial charge < -0.3 is 10.1 Å². The van der Waals surface area contributed by atoms with E-state index in [9.17, 15) is 14.4 Å². The summed E-state index contributed by atoms with van der Waals surface area (Å²) in [4.78, 5) is 37.0. The van der Waals surface area contributed by atoms with Crippen molar-refractivity contribution in [3.63, 3.8) is 0 Å². The monoisotopic (exact) mass is 455 g/mol. The molecule has 0 heterocycles. The molecule has 0 fully saturated rings. The lowest BCUT2D eigenvalue weighted by atomic mass is 10.0. The molecule has 31 heavy (non-hydrogen) atoms. The van der Waals surface area contributed by atoms with Crippen molar-refractivity contribution in [2.45, 2.75) is 13.8 Å². The highest BCUT2D eigenvalue weighted by molar-refractivity contribution is 6.37. The number of ketones is 1. The number of benzene rings is 3. The van der Waals surface area contributed by atoms with Gasteiger partial charge in [0.25, 0.3) is 5.91 Å². The molecule has 1 N–H and O–H groups in total. The number of esters is 1. The highest BCUT2D eigenvalue weighted by Crippen LogP contribution is 2.22. The van der Waals surface area contributed by atoms with Crippen LogP contribution in [0.2, 0.25) is 10.0 Å². The average molecular weight is 456 g/mol. The van der Waals surface area contributed by atoms with Crippen molar-refractivity contribution in [2.75, 3.05) is 11.9 Å². The molecule has 3 rings (SSSR count). The summed E-state index contributed by atoms with van der Waals surface area (Å²) in [7, 11) is 0. The molecule has 0 aliphatic rings. The van der Waals surface area contributed by atoms with Gasteiger partial charge in [0.05, 0.1) is 16.1 Å². The Bertz CT molecular complexity index is 1160. The minimum atomic E-state index is -0.628. The summed E-state index contributed by atoms with van der Waals surface area (Å²) in [5.74, 6) is -1.30. The number of ether oxygens (including phenoxy) is 1. The van der Waals surface area contributed by atoms with Crippen molar-refractivity contribution >= 4 is 46.5 Å². The summed E-state index contributed by atoms with van der Waals surface area (Å²) >= 11 is 11.9. The summed E-state index contributed by atoms with van der Waals surface area (Å²) in [6, 6.07) is 16.3. The number of rotatable bonds is 6. The molecule has 0 radical (unpaired) electrons. The molecule has 1 amide bonds. The fourth-order valence-corrected chi connectivity index (χ4v) is 3.38. The lowest BCUT2D eigenvalue weighted by Crippen LogP contribution is -2.15. The Kier molecular flexibility index (Phi) is 7.10. The molecule has 0 unspecified atom stereocenters. The van der Waals surface area contributed by atoms with E-state index in [4.69, 9.17) is 27.9 Å². The van der Waals surface area contributed by atoms with E-state index in [1.807, 2.05) is 26.0 Å². The second-order valence-electron chi connectivity index (χ2n) is 6.97. The molecule has 158 valence electrons. The Hall–Kier alpha value is -3.15. The second kappa shape index (κ2) is 9.77. The maximum absolute atomic E-state index is 12.4. The maximum atomic E-state index is 12.4. The number of hydrogen-bond donors (Lipinski definition) is 1. The first kappa shape index (κ1) is 22.5. The molecule has 0 saturated carbocycles. The van der Waals surface area contributed by atoms with E-state index in [1.165, 1.54) is 24.3 Å². The number of Topliss-reactive ketones (excluding diaryl/α,β-unsaturated/α-hetero) is 1. The molecule has 5 nitrogen and oxygen atoms in total. The summed E-state index contributed by atoms with van der Waals surface area (Å²) in [5, 5.41) is 3.36. The van der Waals surface area contributed by atoms with Crippen molar-refractivity contribution in [2.24, 2.45) is 0 Å². The highest BCUT2D eigenvalue weighted by Gasteiger charge is 2.15. The van der Waals surface area contributed by atoms with Crippen LogP contribution in [0.25, 0.3) is 0 Å². The number of aryl methyl sites for hydroxylation is 2. The predicted octanol–water partition coefficient (Wildman–Crippen LogP) is 5.90. The van der Waals surface area contributed by atoms with Gasteiger partial charge in [0.1, 0.15) is 0 Å². The minimum Gasteiger partial charge on any atom is -0.454 e. The number of amides is 1. The van der Waals surface area contributed by atoms with Crippen LogP contribution in [0, 0.1) is 13.8 Å². The van der Waals surface area contributed by atoms with Crippen molar-refractivity contribution in [3.05, 3.63) is 98.5 Å². The molecule has 7 heteroatoms. The van der Waals surface area contributed by atoms with Gasteiger partial charge in [-0.1, -0.05) is 40.9 Å². The molecule has 0 aliphatic carbocycles. The van der Waals surface area contributed by atoms with Gasteiger partial charge in [-0.25, -0.2) is 4.79 Å². The molecule has 0 saturated heterocycles. The summed E-state index contributed by atoms with van der Waals surface area (Å²) in [6.45, 7) is 3.37. The van der Waals surface area contributed by atoms with Crippen molar-refractivity contribution < 1.29 is 19.1 Å². The first-order chi connectivity index (χ1) is 14.7. The molecule has 3 aromatic rings. The molecule has 0 bridgehead atoms. The van der Waals surface area contributed by atoms with E-state index in [0.29, 0.717) is 16.3 Å². The average Bonchev–Trinajstić information content (AvgIpc) is 2.74. The van der Waals surface area contributed by atoms with Gasteiger partial charge in [-0.05, 0) is 67.9 Å². The number of hydrogen-bond acceptors (Lipinski definition) is 4. The Morgan fingerprint density at radius 1 is 0.871 bits per heavy atom. The van der Waals surface area contributed by atoms with Crippen LogP contribution in [0.15, 0.2) is 60.7 Å². The molecule has 0 aromatic heterocycles. The van der Waals surface area contributed by atoms with Gasteiger partial charge in [-0.15, -0.1) is 0 Å². The number of carbonyl (C=O) groups is 3. The number of nitrogens with one attached hydrogen (secondary N) is 1. The van der Waals surface area contributed by atoms with E-state index >= 15 is 0 Å². The molecule has 0 aliphatic heterocycles. The standard InChI is InChI=1S/C24H19Cl2NO4/c1-14-3-4-15(2)20(11-14)22(28)13-31-24(30)16-5-8-18(9-6-16)27-23(29)19-10-7-17(25)12-21(19)26/h3-12H,13H2,1-2H3,(H,27,29). The van der Waals surface area contributed by atoms with Crippen molar-refractivity contribution in [1.29, 1.82) is 0 Å². The van der Waals surface area contributed by atoms with Gasteiger partial charge in [0, 0.05) is 16.3 Å². The summed E-state index contributed by atoms with van der Waals surface area (Å²) in [5.41, 5.74) is 3.33. The van der Waals surface area contributed by atoms with E-state index in [2.05, 4.69) is 5.32 Å². The lowest BCUT2D eigenvalue weighted by molar-refractivity contribution is 0.0474. The number of anilines is 1. The molecule has 0 spiro atoms. The lowest BCUT2D eigenvalue weighted by Gasteiger charge is -2.09. The Labute approximate surface area is 189 Å². The summed E-state index contributed by atoms with van der Waals surface area (Å²) < 4.78 is 5.15. The van der Waals surface area contributed by atoms with Gasteiger partial charge in [-0.3, -0.25) is 9.59 Å². The van der Waals surface area contributed by atoms with E-state index < -0.39 is 11.9 Å². The first-order valence-corrected chi connectivity index (χ1v) is 10.1. The van der Waals surface area contributed by atoms with Crippen LogP contribution in [0.4, 0.5) is 5.69 Å². The molecular weight excluding hydrogens is 437 g/mol. The molecule has 3 aromatic carbocycles. The van der Waals surface area contributed by atoms with Gasteiger partial charge in [-0.2, -0.15) is 0 Å². The van der Waals surface area contributed by atoms with Crippen LogP contribution in [-0.2, 0) is 4.74 Å². The topological polar surface area (TPSA) is 72.5 Å². The Balaban J connectivity index is 1.60. The minimum absolute atomic E-state index is 0.235. The third kappa shape index (κ3) is 5.72. The zero-order chi connectivity index (χ0) is 22.5. The predicted molar refractivity (Wildman–Crippen MR) is 121 cm³/mol. The first-order valence-electron chi connectivity index (χ1n) is 9.38. The third-order valence-electron chi connectivity index (χ3n) is 4.58. The van der Waals surface area contributed by atoms with Crippen LogP contribution < -0.4 is 5.32 Å². The normalized spacial score (nSPS) is 10.5. The van der Waals surface area contributed by atoms with Crippen LogP contribution in [0.1, 0.15) is 42.2 Å². The molecular formula is C24H19Cl2NO4. The maximum Gasteiger partial charge on any atom is 0.338 e. The number of halogens is 2. The zero-order valence-electron chi connectivity index (χ0n) is 16.9. The van der Waals surface area contributed by atoms with Gasteiger partial charge in [0.15, 0.2) is 6.61 Å².